The molecule has 8 heteroatoms. The average molecular weight is 516 g/mol. The van der Waals surface area contributed by atoms with Crippen LogP contribution in [0.2, 0.25) is 0 Å². The van der Waals surface area contributed by atoms with Crippen LogP contribution in [0.3, 0.4) is 0 Å². The molecule has 168 valence electrons. The molecule has 0 heterocycles. The Morgan fingerprint density at radius 2 is 1.56 bits per heavy atom. The minimum Gasteiger partial charge on any atom is -0.315 e. The Kier molecular flexibility index (Phi) is 8.44. The van der Waals surface area contributed by atoms with Crippen molar-refractivity contribution in [1.82, 2.24) is 5.32 Å². The highest BCUT2D eigenvalue weighted by atomic mass is 79.9. The van der Waals surface area contributed by atoms with Crippen molar-refractivity contribution in [2.75, 3.05) is 35.5 Å². The van der Waals surface area contributed by atoms with Gasteiger partial charge in [-0.1, -0.05) is 46.3 Å². The summed E-state index contributed by atoms with van der Waals surface area (Å²) in [5.74, 6) is -0.150. The van der Waals surface area contributed by atoms with Gasteiger partial charge in [-0.15, -0.1) is 0 Å². The number of carbonyl (C=O) groups excluding carboxylic acids is 1. The van der Waals surface area contributed by atoms with Crippen LogP contribution in [0.15, 0.2) is 83.3 Å². The van der Waals surface area contributed by atoms with Crippen molar-refractivity contribution in [1.29, 1.82) is 0 Å². The first-order valence-electron chi connectivity index (χ1n) is 10.2. The lowest BCUT2D eigenvalue weighted by Gasteiger charge is -2.23. The molecule has 0 radical (unpaired) electrons. The van der Waals surface area contributed by atoms with Crippen LogP contribution in [0.1, 0.15) is 15.9 Å². The van der Waals surface area contributed by atoms with Gasteiger partial charge in [0.2, 0.25) is 10.0 Å². The van der Waals surface area contributed by atoms with Crippen molar-refractivity contribution in [3.05, 3.63) is 94.5 Å². The maximum Gasteiger partial charge on any atom is 0.258 e. The summed E-state index contributed by atoms with van der Waals surface area (Å²) in [6.07, 6.45) is 2.01. The number of carbonyl (C=O) groups is 1. The van der Waals surface area contributed by atoms with E-state index in [1.165, 1.54) is 5.56 Å². The van der Waals surface area contributed by atoms with Crippen LogP contribution >= 0.6 is 15.9 Å². The maximum atomic E-state index is 13.3. The van der Waals surface area contributed by atoms with Crippen molar-refractivity contribution < 1.29 is 13.2 Å². The summed E-state index contributed by atoms with van der Waals surface area (Å²) in [5, 5.41) is 3.41. The number of nitrogens with zero attached hydrogens (tertiary/aromatic N) is 1. The Bertz CT molecular complexity index is 1120. The summed E-state index contributed by atoms with van der Waals surface area (Å²) >= 11 is 3.43. The van der Waals surface area contributed by atoms with Gasteiger partial charge in [-0.3, -0.25) is 9.52 Å². The number of nitrogens with one attached hydrogen (secondary N) is 2. The third-order valence-corrected chi connectivity index (χ3v) is 5.90. The quantitative estimate of drug-likeness (QED) is 0.394. The van der Waals surface area contributed by atoms with Gasteiger partial charge in [0.1, 0.15) is 0 Å². The largest absolute Gasteiger partial charge is 0.315 e. The fourth-order valence-electron chi connectivity index (χ4n) is 3.21. The molecule has 3 rings (SSSR count). The highest BCUT2D eigenvalue weighted by molar-refractivity contribution is 9.10. The predicted molar refractivity (Wildman–Crippen MR) is 134 cm³/mol. The topological polar surface area (TPSA) is 78.5 Å². The molecular formula is C24H26BrN3O3S. The minimum absolute atomic E-state index is 0.150. The first kappa shape index (κ1) is 24.0. The number of rotatable bonds is 10. The number of halogens is 1. The number of sulfonamides is 1. The van der Waals surface area contributed by atoms with Gasteiger partial charge in [0.15, 0.2) is 0 Å². The molecule has 32 heavy (non-hydrogen) atoms. The van der Waals surface area contributed by atoms with E-state index in [9.17, 15) is 13.2 Å². The SMILES string of the molecule is CS(=O)(=O)Nc1ccc(C(=O)N(CCNCCc2ccccc2)c2ccc(Br)cc2)cc1. The van der Waals surface area contributed by atoms with Gasteiger partial charge < -0.3 is 10.2 Å². The highest BCUT2D eigenvalue weighted by Gasteiger charge is 2.18. The van der Waals surface area contributed by atoms with Gasteiger partial charge in [-0.25, -0.2) is 8.42 Å². The number of hydrogen-bond acceptors (Lipinski definition) is 4. The maximum absolute atomic E-state index is 13.3. The van der Waals surface area contributed by atoms with Crippen LogP contribution in [0, 0.1) is 0 Å². The van der Waals surface area contributed by atoms with E-state index < -0.39 is 10.0 Å². The Morgan fingerprint density at radius 3 is 2.19 bits per heavy atom. The zero-order chi connectivity index (χ0) is 23.0. The fourth-order valence-corrected chi connectivity index (χ4v) is 4.04. The van der Waals surface area contributed by atoms with Crippen molar-refractivity contribution in [3.8, 4) is 0 Å². The molecule has 0 aliphatic heterocycles. The summed E-state index contributed by atoms with van der Waals surface area (Å²) in [6, 6.07) is 24.3. The van der Waals surface area contributed by atoms with Crippen LogP contribution in [-0.2, 0) is 16.4 Å². The number of amides is 1. The normalized spacial score (nSPS) is 11.2. The van der Waals surface area contributed by atoms with Crippen LogP contribution in [0.5, 0.6) is 0 Å². The molecule has 0 bridgehead atoms. The summed E-state index contributed by atoms with van der Waals surface area (Å²) in [7, 11) is -3.37. The second-order valence-corrected chi connectivity index (χ2v) is 10.0. The van der Waals surface area contributed by atoms with E-state index in [2.05, 4.69) is 38.1 Å². The zero-order valence-corrected chi connectivity index (χ0v) is 20.2. The van der Waals surface area contributed by atoms with Crippen LogP contribution in [-0.4, -0.2) is 40.2 Å². The monoisotopic (exact) mass is 515 g/mol. The van der Waals surface area contributed by atoms with Crippen molar-refractivity contribution in [2.24, 2.45) is 0 Å². The highest BCUT2D eigenvalue weighted by Crippen LogP contribution is 2.21. The standard InChI is InChI=1S/C24H26BrN3O3S/c1-32(30,31)27-22-11-7-20(8-12-22)24(29)28(23-13-9-21(25)10-14-23)18-17-26-16-15-19-5-3-2-4-6-19/h2-14,26-27H,15-18H2,1H3. The smallest absolute Gasteiger partial charge is 0.258 e. The Hall–Kier alpha value is -2.68. The predicted octanol–water partition coefficient (Wildman–Crippen LogP) is 4.30. The molecule has 6 nitrogen and oxygen atoms in total. The molecular weight excluding hydrogens is 490 g/mol. The third kappa shape index (κ3) is 7.47. The summed E-state index contributed by atoms with van der Waals surface area (Å²) < 4.78 is 26.2. The molecule has 0 atom stereocenters. The van der Waals surface area contributed by atoms with Crippen molar-refractivity contribution in [3.63, 3.8) is 0 Å². The van der Waals surface area contributed by atoms with E-state index in [-0.39, 0.29) is 5.91 Å². The lowest BCUT2D eigenvalue weighted by molar-refractivity contribution is 0.0987. The van der Waals surface area contributed by atoms with Crippen LogP contribution < -0.4 is 14.9 Å². The molecule has 0 aliphatic carbocycles. The molecule has 0 spiro atoms. The number of anilines is 2. The Labute approximate surface area is 197 Å². The van der Waals surface area contributed by atoms with Crippen molar-refractivity contribution in [2.45, 2.75) is 6.42 Å². The van der Waals surface area contributed by atoms with Crippen LogP contribution in [0.25, 0.3) is 0 Å². The lowest BCUT2D eigenvalue weighted by Crippen LogP contribution is -2.37. The number of benzene rings is 3. The van der Waals surface area contributed by atoms with Crippen molar-refractivity contribution >= 4 is 43.2 Å². The summed E-state index contributed by atoms with van der Waals surface area (Å²) in [5.41, 5.74) is 2.96. The molecule has 3 aromatic carbocycles. The molecule has 2 N–H and O–H groups in total. The van der Waals surface area contributed by atoms with Gasteiger partial charge in [0.05, 0.1) is 6.26 Å². The third-order valence-electron chi connectivity index (χ3n) is 4.76. The first-order chi connectivity index (χ1) is 15.3. The van der Waals surface area contributed by atoms with Gasteiger partial charge in [0, 0.05) is 34.5 Å². The fraction of sp³-hybridized carbons (Fsp3) is 0.208. The van der Waals surface area contributed by atoms with Gasteiger partial charge in [-0.2, -0.15) is 0 Å². The first-order valence-corrected chi connectivity index (χ1v) is 12.9. The zero-order valence-electron chi connectivity index (χ0n) is 17.8. The second kappa shape index (κ2) is 11.3. The van der Waals surface area contributed by atoms with E-state index in [4.69, 9.17) is 0 Å². The summed E-state index contributed by atoms with van der Waals surface area (Å²) in [6.45, 7) is 1.96. The molecule has 0 saturated carbocycles. The minimum atomic E-state index is -3.37. The van der Waals surface area contributed by atoms with E-state index in [0.717, 1.165) is 29.4 Å². The lowest BCUT2D eigenvalue weighted by atomic mass is 10.1. The Balaban J connectivity index is 1.66. The average Bonchev–Trinajstić information content (AvgIpc) is 2.77. The molecule has 0 aliphatic rings. The second-order valence-electron chi connectivity index (χ2n) is 7.37. The number of hydrogen-bond donors (Lipinski definition) is 2. The Morgan fingerprint density at radius 1 is 0.906 bits per heavy atom. The molecule has 0 unspecified atom stereocenters. The molecule has 1 amide bonds. The van der Waals surface area contributed by atoms with Crippen LogP contribution in [0.4, 0.5) is 11.4 Å². The molecule has 0 fully saturated rings. The summed E-state index contributed by atoms with van der Waals surface area (Å²) in [4.78, 5) is 15.0. The van der Waals surface area contributed by atoms with E-state index in [0.29, 0.717) is 24.3 Å². The van der Waals surface area contributed by atoms with E-state index in [1.807, 2.05) is 42.5 Å². The van der Waals surface area contributed by atoms with E-state index in [1.54, 1.807) is 29.2 Å². The van der Waals surface area contributed by atoms with Gasteiger partial charge >= 0.3 is 0 Å². The molecule has 0 saturated heterocycles. The van der Waals surface area contributed by atoms with Gasteiger partial charge in [-0.05, 0) is 67.1 Å². The van der Waals surface area contributed by atoms with E-state index >= 15 is 0 Å². The molecule has 0 aromatic heterocycles. The van der Waals surface area contributed by atoms with Gasteiger partial charge in [0.25, 0.3) is 5.91 Å². The molecule has 3 aromatic rings.